The van der Waals surface area contributed by atoms with E-state index in [1.54, 1.807) is 17.1 Å². The Hall–Kier alpha value is -1.63. The Morgan fingerprint density at radius 1 is 1.40 bits per heavy atom. The summed E-state index contributed by atoms with van der Waals surface area (Å²) < 4.78 is 1.75. The van der Waals surface area contributed by atoms with E-state index in [0.29, 0.717) is 11.6 Å². The van der Waals surface area contributed by atoms with Crippen LogP contribution in [-0.2, 0) is 6.42 Å². The molecule has 138 valence electrons. The molecule has 1 amide bonds. The van der Waals surface area contributed by atoms with Gasteiger partial charge in [0.2, 0.25) is 0 Å². The molecular weight excluding hydrogens is 361 g/mol. The summed E-state index contributed by atoms with van der Waals surface area (Å²) in [5.74, 6) is 0.681. The quantitative estimate of drug-likeness (QED) is 0.847. The summed E-state index contributed by atoms with van der Waals surface area (Å²) in [6.07, 6.45) is 6.19. The number of rotatable bonds is 4. The molecule has 1 aliphatic heterocycles. The second-order valence-corrected chi connectivity index (χ2v) is 5.92. The van der Waals surface area contributed by atoms with Crippen molar-refractivity contribution in [1.29, 1.82) is 0 Å². The van der Waals surface area contributed by atoms with E-state index in [0.717, 1.165) is 37.3 Å². The number of hydrogen-bond acceptors (Lipinski definition) is 4. The lowest BCUT2D eigenvalue weighted by molar-refractivity contribution is 0.0919. The third-order valence-electron chi connectivity index (χ3n) is 4.39. The smallest absolute Gasteiger partial charge is 0.255 e. The van der Waals surface area contributed by atoms with Crippen LogP contribution in [0.4, 0.5) is 0 Å². The summed E-state index contributed by atoms with van der Waals surface area (Å²) in [6, 6.07) is 6.13. The Labute approximate surface area is 160 Å². The highest BCUT2D eigenvalue weighted by Gasteiger charge is 2.25. The molecule has 2 aromatic rings. The number of carbonyl (C=O) groups excluding carboxylic acids is 1. The van der Waals surface area contributed by atoms with Gasteiger partial charge in [-0.25, -0.2) is 9.67 Å². The first-order valence-corrected chi connectivity index (χ1v) is 8.23. The number of piperidine rings is 1. The molecular formula is C17H25Cl2N5O. The molecule has 3 heterocycles. The molecule has 6 nitrogen and oxygen atoms in total. The fraction of sp³-hybridized carbons (Fsp3) is 0.471. The first-order chi connectivity index (χ1) is 11.2. The van der Waals surface area contributed by atoms with Crippen molar-refractivity contribution in [1.82, 2.24) is 25.4 Å². The van der Waals surface area contributed by atoms with Crippen molar-refractivity contribution in [2.75, 3.05) is 6.54 Å². The first kappa shape index (κ1) is 21.4. The zero-order chi connectivity index (χ0) is 16.2. The van der Waals surface area contributed by atoms with E-state index in [4.69, 9.17) is 0 Å². The molecule has 2 unspecified atom stereocenters. The van der Waals surface area contributed by atoms with Gasteiger partial charge >= 0.3 is 0 Å². The minimum atomic E-state index is -0.0513. The highest BCUT2D eigenvalue weighted by atomic mass is 35.5. The predicted octanol–water partition coefficient (Wildman–Crippen LogP) is 2.54. The van der Waals surface area contributed by atoms with Crippen molar-refractivity contribution in [2.24, 2.45) is 0 Å². The number of halogens is 2. The fourth-order valence-electron chi connectivity index (χ4n) is 3.07. The van der Waals surface area contributed by atoms with Crippen LogP contribution in [0, 0.1) is 0 Å². The maximum Gasteiger partial charge on any atom is 0.255 e. The average molecular weight is 386 g/mol. The molecule has 0 spiro atoms. The normalized spacial score (nSPS) is 19.4. The maximum absolute atomic E-state index is 12.7. The first-order valence-electron chi connectivity index (χ1n) is 8.23. The summed E-state index contributed by atoms with van der Waals surface area (Å²) >= 11 is 0. The highest BCUT2D eigenvalue weighted by Crippen LogP contribution is 2.16. The fourth-order valence-corrected chi connectivity index (χ4v) is 3.07. The Balaban J connectivity index is 0.00000156. The molecule has 1 saturated heterocycles. The zero-order valence-corrected chi connectivity index (χ0v) is 16.1. The molecule has 0 aliphatic carbocycles. The van der Waals surface area contributed by atoms with Crippen LogP contribution in [0.2, 0.25) is 0 Å². The van der Waals surface area contributed by atoms with Gasteiger partial charge in [0.25, 0.3) is 5.91 Å². The van der Waals surface area contributed by atoms with E-state index in [9.17, 15) is 4.79 Å². The van der Waals surface area contributed by atoms with E-state index in [-0.39, 0.29) is 36.8 Å². The summed E-state index contributed by atoms with van der Waals surface area (Å²) in [5.41, 5.74) is 1.52. The van der Waals surface area contributed by atoms with Gasteiger partial charge in [-0.15, -0.1) is 24.8 Å². The Morgan fingerprint density at radius 3 is 2.84 bits per heavy atom. The summed E-state index contributed by atoms with van der Waals surface area (Å²) in [6.45, 7) is 5.16. The highest BCUT2D eigenvalue weighted by molar-refractivity contribution is 5.95. The SMILES string of the molecule is CCc1c(C(=O)NC2CCCNC2C)cnn1-c1ccccn1.Cl.Cl. The summed E-state index contributed by atoms with van der Waals surface area (Å²) in [5, 5.41) is 10.9. The third kappa shape index (κ3) is 4.71. The number of amides is 1. The molecule has 0 radical (unpaired) electrons. The summed E-state index contributed by atoms with van der Waals surface area (Å²) in [4.78, 5) is 17.0. The van der Waals surface area contributed by atoms with Crippen LogP contribution in [0.15, 0.2) is 30.6 Å². The molecule has 1 fully saturated rings. The second kappa shape index (κ2) is 9.75. The van der Waals surface area contributed by atoms with Crippen LogP contribution in [0.1, 0.15) is 42.7 Å². The number of hydrogen-bond donors (Lipinski definition) is 2. The Bertz CT molecular complexity index is 677. The van der Waals surface area contributed by atoms with Crippen molar-refractivity contribution < 1.29 is 4.79 Å². The number of aromatic nitrogens is 3. The molecule has 2 aromatic heterocycles. The van der Waals surface area contributed by atoms with Gasteiger partial charge in [0.15, 0.2) is 5.82 Å². The number of pyridine rings is 1. The molecule has 25 heavy (non-hydrogen) atoms. The van der Waals surface area contributed by atoms with Gasteiger partial charge in [-0.05, 0) is 44.9 Å². The van der Waals surface area contributed by atoms with Gasteiger partial charge in [-0.3, -0.25) is 4.79 Å². The van der Waals surface area contributed by atoms with Crippen molar-refractivity contribution in [3.8, 4) is 5.82 Å². The molecule has 2 atom stereocenters. The van der Waals surface area contributed by atoms with Crippen LogP contribution < -0.4 is 10.6 Å². The van der Waals surface area contributed by atoms with Crippen molar-refractivity contribution in [2.45, 2.75) is 45.2 Å². The molecule has 0 saturated carbocycles. The topological polar surface area (TPSA) is 71.8 Å². The van der Waals surface area contributed by atoms with E-state index < -0.39 is 0 Å². The lowest BCUT2D eigenvalue weighted by Crippen LogP contribution is -2.52. The van der Waals surface area contributed by atoms with E-state index in [1.807, 2.05) is 25.1 Å². The largest absolute Gasteiger partial charge is 0.348 e. The summed E-state index contributed by atoms with van der Waals surface area (Å²) in [7, 11) is 0. The standard InChI is InChI=1S/C17H23N5O.2ClH/c1-3-15-13(11-20-22(15)16-8-4-5-9-19-16)17(23)21-14-7-6-10-18-12(14)2;;/h4-5,8-9,11-12,14,18H,3,6-7,10H2,1-2H3,(H,21,23);2*1H. The van der Waals surface area contributed by atoms with Gasteiger partial charge in [0.05, 0.1) is 17.5 Å². The van der Waals surface area contributed by atoms with Crippen LogP contribution in [-0.4, -0.2) is 39.3 Å². The molecule has 1 aliphatic rings. The lowest BCUT2D eigenvalue weighted by Gasteiger charge is -2.30. The van der Waals surface area contributed by atoms with Gasteiger partial charge < -0.3 is 10.6 Å². The average Bonchev–Trinajstić information content (AvgIpc) is 3.02. The van der Waals surface area contributed by atoms with E-state index >= 15 is 0 Å². The lowest BCUT2D eigenvalue weighted by atomic mass is 9.99. The van der Waals surface area contributed by atoms with Crippen LogP contribution in [0.5, 0.6) is 0 Å². The Kier molecular flexibility index (Phi) is 8.35. The number of nitrogens with zero attached hydrogens (tertiary/aromatic N) is 3. The molecule has 2 N–H and O–H groups in total. The van der Waals surface area contributed by atoms with Gasteiger partial charge in [-0.1, -0.05) is 13.0 Å². The van der Waals surface area contributed by atoms with Crippen LogP contribution in [0.25, 0.3) is 5.82 Å². The molecule has 0 bridgehead atoms. The predicted molar refractivity (Wildman–Crippen MR) is 103 cm³/mol. The van der Waals surface area contributed by atoms with Crippen molar-refractivity contribution in [3.05, 3.63) is 41.9 Å². The number of nitrogens with one attached hydrogen (secondary N) is 2. The molecule has 0 aromatic carbocycles. The molecule has 8 heteroatoms. The second-order valence-electron chi connectivity index (χ2n) is 5.92. The third-order valence-corrected chi connectivity index (χ3v) is 4.39. The van der Waals surface area contributed by atoms with Crippen LogP contribution >= 0.6 is 24.8 Å². The van der Waals surface area contributed by atoms with Crippen LogP contribution in [0.3, 0.4) is 0 Å². The van der Waals surface area contributed by atoms with E-state index in [2.05, 4.69) is 27.6 Å². The minimum Gasteiger partial charge on any atom is -0.348 e. The number of carbonyl (C=O) groups is 1. The van der Waals surface area contributed by atoms with E-state index in [1.165, 1.54) is 0 Å². The maximum atomic E-state index is 12.7. The molecule has 3 rings (SSSR count). The Morgan fingerprint density at radius 2 is 2.20 bits per heavy atom. The van der Waals surface area contributed by atoms with Gasteiger partial charge in [0, 0.05) is 18.3 Å². The zero-order valence-electron chi connectivity index (χ0n) is 14.4. The van der Waals surface area contributed by atoms with Crippen molar-refractivity contribution >= 4 is 30.7 Å². The van der Waals surface area contributed by atoms with Gasteiger partial charge in [0.1, 0.15) is 0 Å². The monoisotopic (exact) mass is 385 g/mol. The van der Waals surface area contributed by atoms with Crippen molar-refractivity contribution in [3.63, 3.8) is 0 Å². The van der Waals surface area contributed by atoms with Gasteiger partial charge in [-0.2, -0.15) is 5.10 Å². The minimum absolute atomic E-state index is 0.